The minimum atomic E-state index is -1.23. The zero-order valence-electron chi connectivity index (χ0n) is 26.2. The molecule has 1 aliphatic heterocycles. The van der Waals surface area contributed by atoms with E-state index >= 15 is 0 Å². The van der Waals surface area contributed by atoms with Gasteiger partial charge in [0.05, 0.1) is 23.6 Å². The summed E-state index contributed by atoms with van der Waals surface area (Å²) in [6.45, 7) is 12.9. The zero-order valence-corrected chi connectivity index (χ0v) is 27.2. The SMILES string of the molecule is C[Si](C)(C)CCOCn1c(-c2ccc(OCCN3CCCC3)cc2)cc2c(-c3ccc(OCC4CC4)c(C#N)c3)ncnc21. The van der Waals surface area contributed by atoms with E-state index in [1.807, 2.05) is 30.3 Å². The first kappa shape index (κ1) is 30.3. The monoisotopic (exact) mass is 609 g/mol. The molecule has 0 amide bonds. The Bertz CT molecular complexity index is 1610. The molecule has 4 aromatic rings. The normalized spacial score (nSPS) is 15.5. The quantitative estimate of drug-likeness (QED) is 0.110. The molecule has 2 aromatic heterocycles. The van der Waals surface area contributed by atoms with Crippen molar-refractivity contribution in [2.75, 3.05) is 39.5 Å². The summed E-state index contributed by atoms with van der Waals surface area (Å²) in [6, 6.07) is 19.6. The van der Waals surface area contributed by atoms with E-state index in [0.717, 1.165) is 51.9 Å². The minimum Gasteiger partial charge on any atom is -0.492 e. The Morgan fingerprint density at radius 1 is 0.932 bits per heavy atom. The molecule has 0 spiro atoms. The van der Waals surface area contributed by atoms with Gasteiger partial charge in [-0.15, -0.1) is 0 Å². The topological polar surface area (TPSA) is 85.4 Å². The fourth-order valence-corrected chi connectivity index (χ4v) is 6.36. The van der Waals surface area contributed by atoms with Crippen LogP contribution in [0, 0.1) is 17.2 Å². The van der Waals surface area contributed by atoms with E-state index in [1.165, 1.54) is 38.8 Å². The summed E-state index contributed by atoms with van der Waals surface area (Å²) in [5.74, 6) is 2.12. The average Bonchev–Trinajstić information content (AvgIpc) is 3.56. The average molecular weight is 610 g/mol. The Balaban J connectivity index is 1.29. The van der Waals surface area contributed by atoms with Crippen LogP contribution in [0.1, 0.15) is 31.2 Å². The molecule has 0 N–H and O–H groups in total. The summed E-state index contributed by atoms with van der Waals surface area (Å²) in [5.41, 5.74) is 5.02. The van der Waals surface area contributed by atoms with Crippen molar-refractivity contribution >= 4 is 19.1 Å². The van der Waals surface area contributed by atoms with E-state index < -0.39 is 8.07 Å². The van der Waals surface area contributed by atoms with Gasteiger partial charge in [0.15, 0.2) is 0 Å². The first-order valence-electron chi connectivity index (χ1n) is 15.9. The van der Waals surface area contributed by atoms with Gasteiger partial charge in [0, 0.05) is 32.2 Å². The van der Waals surface area contributed by atoms with Gasteiger partial charge in [0.25, 0.3) is 0 Å². The standard InChI is InChI=1S/C35H43N5O3Si/c1-44(2,3)19-18-41-25-40-32(27-8-11-30(12-9-27)42-17-16-39-14-4-5-15-39)21-31-34(37-24-38-35(31)40)28-10-13-33(29(20-28)22-36)43-23-26-6-7-26/h8-13,20-21,24,26H,4-7,14-19,23,25H2,1-3H3. The molecule has 6 rings (SSSR count). The van der Waals surface area contributed by atoms with Gasteiger partial charge < -0.3 is 18.8 Å². The Hall–Kier alpha value is -3.71. The summed E-state index contributed by atoms with van der Waals surface area (Å²) in [5, 5.41) is 10.8. The zero-order chi connectivity index (χ0) is 30.5. The second kappa shape index (κ2) is 13.5. The highest BCUT2D eigenvalue weighted by Gasteiger charge is 2.23. The van der Waals surface area contributed by atoms with Crippen molar-refractivity contribution in [3.63, 3.8) is 0 Å². The van der Waals surface area contributed by atoms with Crippen molar-refractivity contribution in [2.24, 2.45) is 5.92 Å². The number of nitriles is 1. The summed E-state index contributed by atoms with van der Waals surface area (Å²) < 4.78 is 20.4. The first-order chi connectivity index (χ1) is 21.4. The Morgan fingerprint density at radius 2 is 1.70 bits per heavy atom. The summed E-state index contributed by atoms with van der Waals surface area (Å²) >= 11 is 0. The van der Waals surface area contributed by atoms with Gasteiger partial charge in [-0.25, -0.2) is 9.97 Å². The van der Waals surface area contributed by atoms with Gasteiger partial charge in [0.2, 0.25) is 0 Å². The predicted octanol–water partition coefficient (Wildman–Crippen LogP) is 7.21. The molecule has 1 saturated heterocycles. The predicted molar refractivity (Wildman–Crippen MR) is 177 cm³/mol. The van der Waals surface area contributed by atoms with Crippen LogP contribution in [-0.4, -0.2) is 67.0 Å². The number of hydrogen-bond donors (Lipinski definition) is 0. The van der Waals surface area contributed by atoms with Gasteiger partial charge in [-0.3, -0.25) is 4.90 Å². The summed E-state index contributed by atoms with van der Waals surface area (Å²) in [6.07, 6.45) is 6.58. The smallest absolute Gasteiger partial charge is 0.146 e. The van der Waals surface area contributed by atoms with E-state index in [4.69, 9.17) is 19.2 Å². The van der Waals surface area contributed by atoms with Crippen LogP contribution in [0.3, 0.4) is 0 Å². The van der Waals surface area contributed by atoms with Crippen molar-refractivity contribution in [2.45, 2.75) is 58.1 Å². The molecule has 8 nitrogen and oxygen atoms in total. The molecular formula is C35H43N5O3Si. The van der Waals surface area contributed by atoms with E-state index in [-0.39, 0.29) is 0 Å². The molecule has 1 aliphatic carbocycles. The van der Waals surface area contributed by atoms with E-state index in [0.29, 0.717) is 43.8 Å². The highest BCUT2D eigenvalue weighted by molar-refractivity contribution is 6.76. The third-order valence-corrected chi connectivity index (χ3v) is 10.2. The third kappa shape index (κ3) is 7.49. The molecular weight excluding hydrogens is 567 g/mol. The Morgan fingerprint density at radius 3 is 2.43 bits per heavy atom. The van der Waals surface area contributed by atoms with Crippen LogP contribution < -0.4 is 9.47 Å². The largest absolute Gasteiger partial charge is 0.492 e. The number of rotatable bonds is 14. The third-order valence-electron chi connectivity index (χ3n) is 8.48. The van der Waals surface area contributed by atoms with Crippen LogP contribution in [0.15, 0.2) is 54.9 Å². The molecule has 0 unspecified atom stereocenters. The number of likely N-dealkylation sites (tertiary alicyclic amines) is 1. The molecule has 0 atom stereocenters. The van der Waals surface area contributed by atoms with Crippen LogP contribution in [0.2, 0.25) is 25.7 Å². The minimum absolute atomic E-state index is 0.394. The van der Waals surface area contributed by atoms with Crippen LogP contribution >= 0.6 is 0 Å². The number of fused-ring (bicyclic) bond motifs is 1. The number of nitrogens with zero attached hydrogens (tertiary/aromatic N) is 5. The summed E-state index contributed by atoms with van der Waals surface area (Å²) in [4.78, 5) is 11.9. The molecule has 3 heterocycles. The van der Waals surface area contributed by atoms with Crippen LogP contribution in [0.25, 0.3) is 33.5 Å². The number of hydrogen-bond acceptors (Lipinski definition) is 7. The molecule has 1 saturated carbocycles. The van der Waals surface area contributed by atoms with Crippen molar-refractivity contribution in [3.8, 4) is 40.1 Å². The van der Waals surface area contributed by atoms with E-state index in [9.17, 15) is 5.26 Å². The van der Waals surface area contributed by atoms with Crippen molar-refractivity contribution in [1.82, 2.24) is 19.4 Å². The lowest BCUT2D eigenvalue weighted by molar-refractivity contribution is 0.0909. The Kier molecular flexibility index (Phi) is 9.31. The van der Waals surface area contributed by atoms with Gasteiger partial charge in [0.1, 0.15) is 42.9 Å². The maximum Gasteiger partial charge on any atom is 0.146 e. The number of ether oxygens (including phenoxy) is 3. The second-order valence-electron chi connectivity index (χ2n) is 13.3. The highest BCUT2D eigenvalue weighted by atomic mass is 28.3. The van der Waals surface area contributed by atoms with Crippen LogP contribution in [0.4, 0.5) is 0 Å². The first-order valence-corrected chi connectivity index (χ1v) is 19.6. The molecule has 0 bridgehead atoms. The van der Waals surface area contributed by atoms with Crippen molar-refractivity contribution in [3.05, 3.63) is 60.4 Å². The lowest BCUT2D eigenvalue weighted by atomic mass is 10.0. The molecule has 44 heavy (non-hydrogen) atoms. The fraction of sp³-hybridized carbons (Fsp3) is 0.457. The molecule has 2 fully saturated rings. The second-order valence-corrected chi connectivity index (χ2v) is 18.9. The Labute approximate surface area is 261 Å². The molecule has 0 radical (unpaired) electrons. The van der Waals surface area contributed by atoms with Gasteiger partial charge in [-0.2, -0.15) is 5.26 Å². The van der Waals surface area contributed by atoms with Gasteiger partial charge >= 0.3 is 0 Å². The maximum atomic E-state index is 9.90. The van der Waals surface area contributed by atoms with Gasteiger partial charge in [-0.1, -0.05) is 19.6 Å². The fourth-order valence-electron chi connectivity index (χ4n) is 5.60. The van der Waals surface area contributed by atoms with E-state index in [2.05, 4.69) is 58.4 Å². The molecule has 2 aromatic carbocycles. The van der Waals surface area contributed by atoms with Crippen molar-refractivity contribution in [1.29, 1.82) is 5.26 Å². The lowest BCUT2D eigenvalue weighted by Gasteiger charge is -2.17. The van der Waals surface area contributed by atoms with Crippen LogP contribution in [-0.2, 0) is 11.5 Å². The number of aromatic nitrogens is 3. The van der Waals surface area contributed by atoms with E-state index in [1.54, 1.807) is 6.33 Å². The van der Waals surface area contributed by atoms with Crippen molar-refractivity contribution < 1.29 is 14.2 Å². The van der Waals surface area contributed by atoms with Gasteiger partial charge in [-0.05, 0) is 105 Å². The number of benzene rings is 2. The summed E-state index contributed by atoms with van der Waals surface area (Å²) in [7, 11) is -1.23. The molecule has 9 heteroatoms. The van der Waals surface area contributed by atoms with Crippen LogP contribution in [0.5, 0.6) is 11.5 Å². The molecule has 230 valence electrons. The molecule has 2 aliphatic rings. The maximum absolute atomic E-state index is 9.90. The highest BCUT2D eigenvalue weighted by Crippen LogP contribution is 2.36. The lowest BCUT2D eigenvalue weighted by Crippen LogP contribution is -2.25.